The minimum absolute atomic E-state index is 0.130. The van der Waals surface area contributed by atoms with Gasteiger partial charge in [0.05, 0.1) is 23.1 Å². The first-order chi connectivity index (χ1) is 14.1. The number of hydrogen-bond donors (Lipinski definition) is 1. The van der Waals surface area contributed by atoms with Crippen LogP contribution in [0.1, 0.15) is 39.0 Å². The Bertz CT molecular complexity index is 1220. The van der Waals surface area contributed by atoms with E-state index >= 15 is 0 Å². The van der Waals surface area contributed by atoms with Gasteiger partial charge in [-0.2, -0.15) is 0 Å². The van der Waals surface area contributed by atoms with Gasteiger partial charge in [-0.05, 0) is 36.8 Å². The zero-order chi connectivity index (χ0) is 20.0. The number of hydrogen-bond acceptors (Lipinski definition) is 4. The first-order valence-electron chi connectivity index (χ1n) is 9.42. The molecule has 6 nitrogen and oxygen atoms in total. The Hall–Kier alpha value is -3.61. The fourth-order valence-corrected chi connectivity index (χ4v) is 4.04. The van der Waals surface area contributed by atoms with E-state index in [1.165, 1.54) is 12.1 Å². The van der Waals surface area contributed by atoms with Gasteiger partial charge in [0.25, 0.3) is 5.91 Å². The maximum absolute atomic E-state index is 13.7. The van der Waals surface area contributed by atoms with Crippen LogP contribution in [0.3, 0.4) is 0 Å². The van der Waals surface area contributed by atoms with Gasteiger partial charge in [-0.1, -0.05) is 6.07 Å². The van der Waals surface area contributed by atoms with Gasteiger partial charge in [-0.3, -0.25) is 14.8 Å². The molecule has 1 N–H and O–H groups in total. The lowest BCUT2D eigenvalue weighted by Crippen LogP contribution is -2.41. The molecule has 0 aliphatic carbocycles. The highest BCUT2D eigenvalue weighted by Gasteiger charge is 2.35. The predicted molar refractivity (Wildman–Crippen MR) is 106 cm³/mol. The topological polar surface area (TPSA) is 74.8 Å². The summed E-state index contributed by atoms with van der Waals surface area (Å²) in [7, 11) is 0. The van der Waals surface area contributed by atoms with E-state index in [-0.39, 0.29) is 17.8 Å². The minimum Gasteiger partial charge on any atom is -0.348 e. The molecular weight excluding hydrogens is 369 g/mol. The summed E-state index contributed by atoms with van der Waals surface area (Å²) >= 11 is 0. The summed E-state index contributed by atoms with van der Waals surface area (Å²) in [5.41, 5.74) is 4.42. The molecule has 0 unspecified atom stereocenters. The van der Waals surface area contributed by atoms with Crippen molar-refractivity contribution in [2.45, 2.75) is 19.4 Å². The average molecular weight is 387 g/mol. The molecule has 4 heterocycles. The molecule has 1 amide bonds. The molecule has 5 rings (SSSR count). The zero-order valence-electron chi connectivity index (χ0n) is 15.8. The monoisotopic (exact) mass is 387 g/mol. The third kappa shape index (κ3) is 2.95. The fraction of sp³-hybridized carbons (Fsp3) is 0.182. The van der Waals surface area contributed by atoms with Crippen molar-refractivity contribution in [2.24, 2.45) is 0 Å². The second-order valence-corrected chi connectivity index (χ2v) is 7.18. The Labute approximate surface area is 166 Å². The molecule has 0 radical (unpaired) electrons. The summed E-state index contributed by atoms with van der Waals surface area (Å²) in [6, 6.07) is 9.57. The Morgan fingerprint density at radius 2 is 2.17 bits per heavy atom. The standard InChI is InChI=1S/C22H18FN5O/c1-13-9-17(16-5-4-15(23)10-19(16)27-13)22(29)28-8-6-18-20(26-12-25-18)21(28)14-3-2-7-24-11-14/h2-5,7,9-12,21H,6,8H2,1H3,(H,25,26)/t21-/m1/s1. The van der Waals surface area contributed by atoms with Crippen LogP contribution in [0.2, 0.25) is 0 Å². The number of nitrogens with zero attached hydrogens (tertiary/aromatic N) is 4. The summed E-state index contributed by atoms with van der Waals surface area (Å²) in [4.78, 5) is 31.8. The number of carbonyl (C=O) groups is 1. The number of aryl methyl sites for hydroxylation is 1. The largest absolute Gasteiger partial charge is 0.348 e. The third-order valence-corrected chi connectivity index (χ3v) is 5.32. The van der Waals surface area contributed by atoms with Gasteiger partial charge in [0, 0.05) is 48.2 Å². The van der Waals surface area contributed by atoms with Crippen molar-refractivity contribution in [2.75, 3.05) is 6.54 Å². The van der Waals surface area contributed by atoms with E-state index in [4.69, 9.17) is 0 Å². The maximum Gasteiger partial charge on any atom is 0.255 e. The van der Waals surface area contributed by atoms with Crippen LogP contribution >= 0.6 is 0 Å². The Morgan fingerprint density at radius 1 is 1.28 bits per heavy atom. The molecule has 0 saturated heterocycles. The first-order valence-corrected chi connectivity index (χ1v) is 9.42. The van der Waals surface area contributed by atoms with Gasteiger partial charge in [-0.15, -0.1) is 0 Å². The Balaban J connectivity index is 1.65. The van der Waals surface area contributed by atoms with Gasteiger partial charge in [0.2, 0.25) is 0 Å². The highest BCUT2D eigenvalue weighted by Crippen LogP contribution is 2.35. The number of aromatic amines is 1. The molecule has 4 aromatic rings. The highest BCUT2D eigenvalue weighted by atomic mass is 19.1. The van der Waals surface area contributed by atoms with Crippen molar-refractivity contribution < 1.29 is 9.18 Å². The fourth-order valence-electron chi connectivity index (χ4n) is 4.04. The number of nitrogens with one attached hydrogen (secondary N) is 1. The third-order valence-electron chi connectivity index (χ3n) is 5.32. The second kappa shape index (κ2) is 6.77. The summed E-state index contributed by atoms with van der Waals surface area (Å²) in [5, 5.41) is 0.639. The number of rotatable bonds is 2. The average Bonchev–Trinajstić information content (AvgIpc) is 3.21. The first kappa shape index (κ1) is 17.5. The minimum atomic E-state index is -0.374. The van der Waals surface area contributed by atoms with E-state index in [9.17, 15) is 9.18 Å². The molecule has 0 spiro atoms. The normalized spacial score (nSPS) is 16.1. The number of imidazole rings is 1. The number of pyridine rings is 2. The number of amides is 1. The SMILES string of the molecule is Cc1cc(C(=O)N2CCc3[nH]cnc3[C@H]2c2cccnc2)c2ccc(F)cc2n1. The molecular formula is C22H18FN5O. The van der Waals surface area contributed by atoms with E-state index in [1.54, 1.807) is 30.9 Å². The highest BCUT2D eigenvalue weighted by molar-refractivity contribution is 6.06. The molecule has 1 aromatic carbocycles. The number of benzene rings is 1. The van der Waals surface area contributed by atoms with Crippen LogP contribution in [0.4, 0.5) is 4.39 Å². The van der Waals surface area contributed by atoms with Crippen LogP contribution in [0.15, 0.2) is 55.1 Å². The molecule has 1 atom stereocenters. The van der Waals surface area contributed by atoms with Crippen molar-refractivity contribution in [3.63, 3.8) is 0 Å². The van der Waals surface area contributed by atoms with E-state index in [0.717, 1.165) is 17.0 Å². The lowest BCUT2D eigenvalue weighted by molar-refractivity contribution is 0.0692. The second-order valence-electron chi connectivity index (χ2n) is 7.18. The van der Waals surface area contributed by atoms with Crippen molar-refractivity contribution in [1.82, 2.24) is 24.8 Å². The zero-order valence-corrected chi connectivity index (χ0v) is 15.8. The van der Waals surface area contributed by atoms with Crippen LogP contribution in [0.25, 0.3) is 10.9 Å². The van der Waals surface area contributed by atoms with Gasteiger partial charge in [0.15, 0.2) is 0 Å². The maximum atomic E-state index is 13.7. The molecule has 7 heteroatoms. The van der Waals surface area contributed by atoms with Gasteiger partial charge in [-0.25, -0.2) is 9.37 Å². The lowest BCUT2D eigenvalue weighted by atomic mass is 9.95. The van der Waals surface area contributed by atoms with Crippen LogP contribution in [0, 0.1) is 12.7 Å². The Morgan fingerprint density at radius 3 is 3.00 bits per heavy atom. The number of H-pyrrole nitrogens is 1. The molecule has 0 bridgehead atoms. The molecule has 1 aliphatic heterocycles. The summed E-state index contributed by atoms with van der Waals surface area (Å²) in [6.45, 7) is 2.35. The summed E-state index contributed by atoms with van der Waals surface area (Å²) < 4.78 is 13.7. The molecule has 29 heavy (non-hydrogen) atoms. The van der Waals surface area contributed by atoms with E-state index in [0.29, 0.717) is 35.1 Å². The van der Waals surface area contributed by atoms with Crippen molar-refractivity contribution in [3.8, 4) is 0 Å². The van der Waals surface area contributed by atoms with E-state index in [2.05, 4.69) is 19.9 Å². The summed E-state index contributed by atoms with van der Waals surface area (Å²) in [6.07, 6.45) is 5.82. The van der Waals surface area contributed by atoms with Crippen LogP contribution in [-0.4, -0.2) is 37.3 Å². The van der Waals surface area contributed by atoms with Crippen LogP contribution in [0.5, 0.6) is 0 Å². The van der Waals surface area contributed by atoms with E-state index in [1.807, 2.05) is 24.0 Å². The molecule has 3 aromatic heterocycles. The number of aromatic nitrogens is 4. The smallest absolute Gasteiger partial charge is 0.255 e. The molecule has 144 valence electrons. The van der Waals surface area contributed by atoms with Gasteiger partial charge in [0.1, 0.15) is 11.9 Å². The van der Waals surface area contributed by atoms with Gasteiger partial charge >= 0.3 is 0 Å². The predicted octanol–water partition coefficient (Wildman–Crippen LogP) is 3.59. The lowest BCUT2D eigenvalue weighted by Gasteiger charge is -2.35. The van der Waals surface area contributed by atoms with Crippen molar-refractivity contribution in [1.29, 1.82) is 0 Å². The quantitative estimate of drug-likeness (QED) is 0.570. The van der Waals surface area contributed by atoms with Crippen LogP contribution < -0.4 is 0 Å². The number of halogens is 1. The summed E-state index contributed by atoms with van der Waals surface area (Å²) in [5.74, 6) is -0.504. The molecule has 1 aliphatic rings. The van der Waals surface area contributed by atoms with E-state index < -0.39 is 0 Å². The Kier molecular flexibility index (Phi) is 4.08. The van der Waals surface area contributed by atoms with Crippen molar-refractivity contribution >= 4 is 16.8 Å². The molecule has 0 fully saturated rings. The number of carbonyl (C=O) groups excluding carboxylic acids is 1. The van der Waals surface area contributed by atoms with Crippen LogP contribution in [-0.2, 0) is 6.42 Å². The molecule has 0 saturated carbocycles. The van der Waals surface area contributed by atoms with Gasteiger partial charge < -0.3 is 9.88 Å². The number of fused-ring (bicyclic) bond motifs is 2. The van der Waals surface area contributed by atoms with Crippen molar-refractivity contribution in [3.05, 3.63) is 89.1 Å².